The lowest BCUT2D eigenvalue weighted by Crippen LogP contribution is -2.45. The van der Waals surface area contributed by atoms with Crippen LogP contribution in [0.5, 0.6) is 0 Å². The molecule has 2 heterocycles. The fourth-order valence-corrected chi connectivity index (χ4v) is 3.11. The highest BCUT2D eigenvalue weighted by Gasteiger charge is 2.19. The van der Waals surface area contributed by atoms with Crippen molar-refractivity contribution in [2.24, 2.45) is 5.92 Å². The first kappa shape index (κ1) is 18.9. The maximum atomic E-state index is 12.8. The second-order valence-corrected chi connectivity index (χ2v) is 7.55. The third kappa shape index (κ3) is 4.26. The summed E-state index contributed by atoms with van der Waals surface area (Å²) in [7, 11) is 0. The average molecular weight is 427 g/mol. The highest BCUT2D eigenvalue weighted by molar-refractivity contribution is 9.10. The number of nitrogens with zero attached hydrogens (tertiary/aromatic N) is 4. The third-order valence-corrected chi connectivity index (χ3v) is 4.45. The highest BCUT2D eigenvalue weighted by Crippen LogP contribution is 2.23. The van der Waals surface area contributed by atoms with Gasteiger partial charge in [-0.15, -0.1) is 0 Å². The monoisotopic (exact) mass is 426 g/mol. The topological polar surface area (TPSA) is 97.7 Å². The van der Waals surface area contributed by atoms with Crippen LogP contribution in [0.2, 0.25) is 0 Å². The van der Waals surface area contributed by atoms with Gasteiger partial charge in [-0.2, -0.15) is 10.2 Å². The van der Waals surface area contributed by atoms with Crippen molar-refractivity contribution in [3.05, 3.63) is 52.0 Å². The number of hydrogen-bond acceptors (Lipinski definition) is 5. The van der Waals surface area contributed by atoms with Crippen LogP contribution < -0.4 is 10.4 Å². The van der Waals surface area contributed by atoms with Gasteiger partial charge in [0.1, 0.15) is 11.8 Å². The number of halogens is 1. The Kier molecular flexibility index (Phi) is 5.42. The van der Waals surface area contributed by atoms with E-state index in [1.807, 2.05) is 51.1 Å². The molecule has 0 atom stereocenters. The first-order valence-electron chi connectivity index (χ1n) is 8.48. The van der Waals surface area contributed by atoms with Gasteiger partial charge in [-0.25, -0.2) is 4.98 Å². The molecule has 1 amide bonds. The Morgan fingerprint density at radius 1 is 1.41 bits per heavy atom. The van der Waals surface area contributed by atoms with Gasteiger partial charge in [0.15, 0.2) is 5.82 Å². The van der Waals surface area contributed by atoms with Crippen molar-refractivity contribution >= 4 is 38.6 Å². The van der Waals surface area contributed by atoms with Gasteiger partial charge in [0, 0.05) is 23.6 Å². The maximum absolute atomic E-state index is 12.8. The van der Waals surface area contributed by atoms with Crippen molar-refractivity contribution in [3.8, 4) is 6.07 Å². The fraction of sp³-hybridized carbons (Fsp3) is 0.263. The van der Waals surface area contributed by atoms with Gasteiger partial charge < -0.3 is 4.98 Å². The van der Waals surface area contributed by atoms with Gasteiger partial charge in [-0.1, -0.05) is 25.5 Å². The second-order valence-electron chi connectivity index (χ2n) is 6.70. The van der Waals surface area contributed by atoms with Crippen molar-refractivity contribution in [3.63, 3.8) is 0 Å². The summed E-state index contributed by atoms with van der Waals surface area (Å²) in [6.07, 6.45) is 1.51. The van der Waals surface area contributed by atoms with Crippen molar-refractivity contribution < 1.29 is 4.79 Å². The first-order chi connectivity index (χ1) is 12.9. The number of fused-ring (bicyclic) bond motifs is 1. The second kappa shape index (κ2) is 7.76. The highest BCUT2D eigenvalue weighted by atomic mass is 79.9. The van der Waals surface area contributed by atoms with Crippen molar-refractivity contribution in [2.75, 3.05) is 11.6 Å². The van der Waals surface area contributed by atoms with Crippen LogP contribution in [-0.4, -0.2) is 27.4 Å². The molecule has 3 aromatic rings. The number of anilines is 1. The Labute approximate surface area is 165 Å². The van der Waals surface area contributed by atoms with Gasteiger partial charge in [0.25, 0.3) is 5.91 Å². The molecule has 0 aliphatic rings. The van der Waals surface area contributed by atoms with Crippen LogP contribution in [0.3, 0.4) is 0 Å². The zero-order valence-corrected chi connectivity index (χ0v) is 16.8. The number of rotatable bonds is 5. The Bertz CT molecular complexity index is 1040. The maximum Gasteiger partial charge on any atom is 0.286 e. The lowest BCUT2D eigenvalue weighted by atomic mass is 10.2. The molecule has 1 aromatic carbocycles. The van der Waals surface area contributed by atoms with E-state index in [9.17, 15) is 4.79 Å². The van der Waals surface area contributed by atoms with E-state index in [0.717, 1.165) is 16.5 Å². The van der Waals surface area contributed by atoms with E-state index in [1.165, 1.54) is 6.20 Å². The predicted octanol–water partition coefficient (Wildman–Crippen LogP) is 3.71. The van der Waals surface area contributed by atoms with E-state index in [0.29, 0.717) is 22.5 Å². The lowest BCUT2D eigenvalue weighted by molar-refractivity contribution is 0.0943. The number of nitriles is 1. The molecule has 2 N–H and O–H groups in total. The molecule has 0 spiro atoms. The predicted molar refractivity (Wildman–Crippen MR) is 107 cm³/mol. The largest absolute Gasteiger partial charge is 0.350 e. The molecule has 0 fully saturated rings. The van der Waals surface area contributed by atoms with Gasteiger partial charge in [0.05, 0.1) is 4.47 Å². The van der Waals surface area contributed by atoms with E-state index in [-0.39, 0.29) is 17.6 Å². The van der Waals surface area contributed by atoms with Crippen molar-refractivity contribution in [2.45, 2.75) is 20.8 Å². The van der Waals surface area contributed by atoms with E-state index < -0.39 is 0 Å². The van der Waals surface area contributed by atoms with Crippen molar-refractivity contribution in [1.82, 2.24) is 20.4 Å². The minimum atomic E-state index is -0.284. The van der Waals surface area contributed by atoms with E-state index in [2.05, 4.69) is 36.3 Å². The molecule has 0 unspecified atom stereocenters. The number of aromatic nitrogens is 3. The number of hydrogen-bond donors (Lipinski definition) is 2. The molecule has 0 saturated heterocycles. The van der Waals surface area contributed by atoms with Gasteiger partial charge in [-0.3, -0.25) is 15.2 Å². The quantitative estimate of drug-likeness (QED) is 0.605. The van der Waals surface area contributed by atoms with E-state index >= 15 is 0 Å². The van der Waals surface area contributed by atoms with Crippen LogP contribution in [0.15, 0.2) is 34.9 Å². The number of aryl methyl sites for hydroxylation is 1. The molecular formula is C19H19BrN6O. The normalized spacial score (nSPS) is 10.8. The molecule has 7 nitrogen and oxygen atoms in total. The Morgan fingerprint density at radius 3 is 2.89 bits per heavy atom. The van der Waals surface area contributed by atoms with Crippen LogP contribution in [0.25, 0.3) is 10.9 Å². The molecule has 8 heteroatoms. The smallest absolute Gasteiger partial charge is 0.286 e. The minimum Gasteiger partial charge on any atom is -0.350 e. The summed E-state index contributed by atoms with van der Waals surface area (Å²) < 4.78 is 0.592. The van der Waals surface area contributed by atoms with Gasteiger partial charge in [-0.05, 0) is 47.0 Å². The molecule has 2 aromatic heterocycles. The molecule has 0 bridgehead atoms. The number of carbonyl (C=O) groups is 1. The Hall–Kier alpha value is -2.92. The number of nitrogens with one attached hydrogen (secondary N) is 2. The zero-order valence-electron chi connectivity index (χ0n) is 15.2. The summed E-state index contributed by atoms with van der Waals surface area (Å²) >= 11 is 3.40. The van der Waals surface area contributed by atoms with Crippen LogP contribution in [-0.2, 0) is 0 Å². The SMILES string of the molecule is Cc1ccc2[nH]c(C(=O)NN(CC(C)C)c3nc(C#N)ncc3Br)cc2c1. The minimum absolute atomic E-state index is 0.0392. The average Bonchev–Trinajstić information content (AvgIpc) is 3.04. The van der Waals surface area contributed by atoms with E-state index in [1.54, 1.807) is 5.01 Å². The summed E-state index contributed by atoms with van der Waals surface area (Å²) in [4.78, 5) is 24.1. The van der Waals surface area contributed by atoms with Gasteiger partial charge in [0.2, 0.25) is 5.82 Å². The standard InChI is InChI=1S/C19H19BrN6O/c1-11(2)10-26(18-14(20)9-22-17(8-21)24-18)25-19(27)16-7-13-6-12(3)4-5-15(13)23-16/h4-7,9,11,23H,10H2,1-3H3,(H,25,27). The summed E-state index contributed by atoms with van der Waals surface area (Å²) in [6.45, 7) is 6.60. The summed E-state index contributed by atoms with van der Waals surface area (Å²) in [5.41, 5.74) is 5.36. The number of H-pyrrole nitrogens is 1. The molecule has 0 aliphatic heterocycles. The number of benzene rings is 1. The number of carbonyl (C=O) groups excluding carboxylic acids is 1. The van der Waals surface area contributed by atoms with Crippen molar-refractivity contribution in [1.29, 1.82) is 5.26 Å². The molecule has 0 aliphatic carbocycles. The Balaban J connectivity index is 1.91. The van der Waals surface area contributed by atoms with Gasteiger partial charge >= 0.3 is 0 Å². The molecular weight excluding hydrogens is 408 g/mol. The van der Waals surface area contributed by atoms with Crippen LogP contribution >= 0.6 is 15.9 Å². The summed E-state index contributed by atoms with van der Waals surface area (Å²) in [5.74, 6) is 0.449. The summed E-state index contributed by atoms with van der Waals surface area (Å²) in [6, 6.07) is 9.71. The molecule has 3 rings (SSSR count). The van der Waals surface area contributed by atoms with E-state index in [4.69, 9.17) is 5.26 Å². The number of amides is 1. The molecule has 0 radical (unpaired) electrons. The molecule has 0 saturated carbocycles. The first-order valence-corrected chi connectivity index (χ1v) is 9.27. The molecule has 27 heavy (non-hydrogen) atoms. The van der Waals surface area contributed by atoms with Crippen LogP contribution in [0, 0.1) is 24.2 Å². The Morgan fingerprint density at radius 2 is 2.19 bits per heavy atom. The fourth-order valence-electron chi connectivity index (χ4n) is 2.71. The van der Waals surface area contributed by atoms with Crippen LogP contribution in [0.4, 0.5) is 5.82 Å². The van der Waals surface area contributed by atoms with Crippen LogP contribution in [0.1, 0.15) is 35.7 Å². The lowest BCUT2D eigenvalue weighted by Gasteiger charge is -2.26. The summed E-state index contributed by atoms with van der Waals surface area (Å²) in [5, 5.41) is 11.7. The zero-order chi connectivity index (χ0) is 19.6. The number of hydrazine groups is 1. The number of aromatic amines is 1. The molecule has 138 valence electrons. The third-order valence-electron chi connectivity index (χ3n) is 3.89.